The summed E-state index contributed by atoms with van der Waals surface area (Å²) in [6, 6.07) is 9.55. The van der Waals surface area contributed by atoms with Crippen LogP contribution < -0.4 is 20.9 Å². The quantitative estimate of drug-likeness (QED) is 0.371. The van der Waals surface area contributed by atoms with Crippen molar-refractivity contribution in [3.63, 3.8) is 0 Å². The highest BCUT2D eigenvalue weighted by atomic mass is 19.4. The average Bonchev–Trinajstić information content (AvgIpc) is 3.21. The van der Waals surface area contributed by atoms with Gasteiger partial charge in [0.15, 0.2) is 5.95 Å². The molecule has 0 saturated heterocycles. The first-order chi connectivity index (χ1) is 15.1. The number of aliphatic carboxylic acids is 1. The third-order valence-corrected chi connectivity index (χ3v) is 4.48. The number of nitrogens with one attached hydrogen (secondary N) is 1. The zero-order chi connectivity index (χ0) is 23.6. The number of aromatic nitrogens is 3. The lowest BCUT2D eigenvalue weighted by molar-refractivity contribution is -0.192. The average molecular weight is 449 g/mol. The topological polar surface area (TPSA) is 149 Å². The van der Waals surface area contributed by atoms with E-state index < -0.39 is 12.1 Å². The second-order valence-corrected chi connectivity index (χ2v) is 6.43. The number of methoxy groups -OCH3 is 2. The molecular weight excluding hydrogens is 431 g/mol. The van der Waals surface area contributed by atoms with E-state index in [9.17, 15) is 13.2 Å². The van der Waals surface area contributed by atoms with Gasteiger partial charge >= 0.3 is 12.1 Å². The summed E-state index contributed by atoms with van der Waals surface area (Å²) in [5.74, 6) is -0.711. The van der Waals surface area contributed by atoms with Crippen molar-refractivity contribution < 1.29 is 32.5 Å². The molecule has 2 aromatic heterocycles. The summed E-state index contributed by atoms with van der Waals surface area (Å²) in [7, 11) is 3.25. The zero-order valence-electron chi connectivity index (χ0n) is 16.8. The normalized spacial score (nSPS) is 11.2. The van der Waals surface area contributed by atoms with Crippen molar-refractivity contribution in [2.24, 2.45) is 0 Å². The number of ether oxygens (including phenoxy) is 2. The smallest absolute Gasteiger partial charge is 0.490 e. The second-order valence-electron chi connectivity index (χ2n) is 6.43. The first-order valence-electron chi connectivity index (χ1n) is 8.91. The maximum Gasteiger partial charge on any atom is 0.490 e. The molecule has 4 rings (SSSR count). The minimum absolute atomic E-state index is 0.261. The Morgan fingerprint density at radius 2 is 1.78 bits per heavy atom. The highest BCUT2D eigenvalue weighted by molar-refractivity contribution is 6.15. The van der Waals surface area contributed by atoms with Gasteiger partial charge in [-0.15, -0.1) is 0 Å². The molecule has 0 saturated carbocycles. The van der Waals surface area contributed by atoms with Crippen molar-refractivity contribution in [3.05, 3.63) is 36.5 Å². The Kier molecular flexibility index (Phi) is 5.96. The molecule has 0 aliphatic carbocycles. The molecule has 0 unspecified atom stereocenters. The van der Waals surface area contributed by atoms with Gasteiger partial charge in [-0.25, -0.2) is 4.79 Å². The number of nitrogens with two attached hydrogens (primary N) is 2. The van der Waals surface area contributed by atoms with Crippen molar-refractivity contribution in [3.8, 4) is 22.6 Å². The van der Waals surface area contributed by atoms with Gasteiger partial charge in [0.2, 0.25) is 0 Å². The summed E-state index contributed by atoms with van der Waals surface area (Å²) in [4.78, 5) is 20.6. The lowest BCUT2D eigenvalue weighted by Crippen LogP contribution is -2.21. The number of halogens is 3. The Labute approximate surface area is 178 Å². The summed E-state index contributed by atoms with van der Waals surface area (Å²) in [5.41, 5.74) is 15.3. The maximum absolute atomic E-state index is 10.6. The molecule has 2 aromatic carbocycles. The number of nitrogen functional groups attached to an aromatic ring is 2. The third kappa shape index (κ3) is 4.29. The van der Waals surface area contributed by atoms with Crippen LogP contribution in [0.4, 0.5) is 24.9 Å². The number of carboxylic acids is 1. The molecule has 9 nitrogen and oxygen atoms in total. The number of nitrogens with zero attached hydrogens (tertiary/aromatic N) is 2. The van der Waals surface area contributed by atoms with Crippen LogP contribution in [0.2, 0.25) is 0 Å². The number of carbonyl (C=O) groups is 1. The molecule has 0 spiro atoms. The van der Waals surface area contributed by atoms with E-state index in [2.05, 4.69) is 15.0 Å². The van der Waals surface area contributed by atoms with Crippen LogP contribution in [0.25, 0.3) is 32.9 Å². The number of hydrogen-bond acceptors (Lipinski definition) is 7. The van der Waals surface area contributed by atoms with Crippen LogP contribution >= 0.6 is 0 Å². The fraction of sp³-hybridized carbons (Fsp3) is 0.150. The fourth-order valence-corrected chi connectivity index (χ4v) is 3.13. The number of anilines is 2. The minimum atomic E-state index is -5.08. The standard InChI is InChI=1S/C18H17N5O2.C2HF3O2/c1-24-9-3-4-10(14(7-9)25-2)12-8-13-15(11-5-6-21-16(11)12)17(19)23-18(20)22-13;3-2(4,5)1(6)7/h3-8H,19H2,1-2H3,(H3,20,22,23);(H,6,7). The Hall–Kier alpha value is -4.22. The van der Waals surface area contributed by atoms with Crippen LogP contribution in [0.1, 0.15) is 0 Å². The summed E-state index contributed by atoms with van der Waals surface area (Å²) in [5, 5.41) is 8.84. The van der Waals surface area contributed by atoms with Crippen LogP contribution in [-0.2, 0) is 4.79 Å². The van der Waals surface area contributed by atoms with E-state index in [1.54, 1.807) is 20.4 Å². The Bertz CT molecular complexity index is 1300. The van der Waals surface area contributed by atoms with Crippen molar-refractivity contribution >= 4 is 39.5 Å². The highest BCUT2D eigenvalue weighted by Crippen LogP contribution is 2.40. The highest BCUT2D eigenvalue weighted by Gasteiger charge is 2.38. The van der Waals surface area contributed by atoms with Gasteiger partial charge in [0.1, 0.15) is 17.3 Å². The molecule has 0 bridgehead atoms. The first-order valence-corrected chi connectivity index (χ1v) is 8.91. The van der Waals surface area contributed by atoms with E-state index in [0.717, 1.165) is 38.7 Å². The lowest BCUT2D eigenvalue weighted by atomic mass is 9.99. The monoisotopic (exact) mass is 449 g/mol. The molecule has 32 heavy (non-hydrogen) atoms. The predicted octanol–water partition coefficient (Wildman–Crippen LogP) is 3.59. The van der Waals surface area contributed by atoms with Gasteiger partial charge in [0.25, 0.3) is 0 Å². The van der Waals surface area contributed by atoms with E-state index >= 15 is 0 Å². The number of fused-ring (bicyclic) bond motifs is 3. The number of aromatic amines is 1. The SMILES string of the molecule is COc1ccc(-c2cc3[nH]c(N)nc(N)c3c3ccnc23)c(OC)c1.O=C(O)C(F)(F)F. The molecule has 4 aromatic rings. The second kappa shape index (κ2) is 8.49. The Morgan fingerprint density at radius 3 is 2.38 bits per heavy atom. The number of alkyl halides is 3. The fourth-order valence-electron chi connectivity index (χ4n) is 3.13. The van der Waals surface area contributed by atoms with E-state index in [0.29, 0.717) is 11.6 Å². The molecule has 0 fully saturated rings. The zero-order valence-corrected chi connectivity index (χ0v) is 16.8. The van der Waals surface area contributed by atoms with Gasteiger partial charge in [0.05, 0.1) is 25.3 Å². The molecular formula is C20H18F3N5O4. The molecule has 6 N–H and O–H groups in total. The van der Waals surface area contributed by atoms with E-state index in [1.807, 2.05) is 30.3 Å². The summed E-state index contributed by atoms with van der Waals surface area (Å²) >= 11 is 0. The van der Waals surface area contributed by atoms with Crippen LogP contribution in [0.15, 0.2) is 36.5 Å². The van der Waals surface area contributed by atoms with Crippen molar-refractivity contribution in [2.45, 2.75) is 6.18 Å². The third-order valence-electron chi connectivity index (χ3n) is 4.48. The molecule has 12 heteroatoms. The molecule has 0 aliphatic heterocycles. The molecule has 0 atom stereocenters. The van der Waals surface area contributed by atoms with E-state index in [1.165, 1.54) is 0 Å². The molecule has 0 amide bonds. The number of hydrogen-bond donors (Lipinski definition) is 4. The first kappa shape index (κ1) is 22.5. The van der Waals surface area contributed by atoms with Crippen LogP contribution in [0.5, 0.6) is 11.5 Å². The predicted molar refractivity (Wildman–Crippen MR) is 112 cm³/mol. The van der Waals surface area contributed by atoms with Gasteiger partial charge in [0, 0.05) is 34.2 Å². The summed E-state index contributed by atoms with van der Waals surface area (Å²) in [6.07, 6.45) is -3.33. The number of rotatable bonds is 3. The Balaban J connectivity index is 0.000000360. The van der Waals surface area contributed by atoms with Crippen LogP contribution in [-0.4, -0.2) is 46.4 Å². The van der Waals surface area contributed by atoms with Crippen LogP contribution in [0.3, 0.4) is 0 Å². The van der Waals surface area contributed by atoms with Crippen molar-refractivity contribution in [1.29, 1.82) is 0 Å². The Morgan fingerprint density at radius 1 is 1.09 bits per heavy atom. The van der Waals surface area contributed by atoms with Crippen LogP contribution in [0, 0.1) is 0 Å². The molecule has 0 aliphatic rings. The van der Waals surface area contributed by atoms with Crippen molar-refractivity contribution in [2.75, 3.05) is 25.7 Å². The van der Waals surface area contributed by atoms with Gasteiger partial charge in [-0.1, -0.05) is 0 Å². The van der Waals surface area contributed by atoms with E-state index in [-0.39, 0.29) is 5.95 Å². The van der Waals surface area contributed by atoms with E-state index in [4.69, 9.17) is 30.8 Å². The van der Waals surface area contributed by atoms with Gasteiger partial charge in [-0.2, -0.15) is 18.2 Å². The largest absolute Gasteiger partial charge is 0.497 e. The number of H-pyrrole nitrogens is 1. The number of benzene rings is 2. The maximum atomic E-state index is 10.6. The van der Waals surface area contributed by atoms with Gasteiger partial charge in [-0.05, 0) is 24.3 Å². The minimum Gasteiger partial charge on any atom is -0.497 e. The number of carboxylic acid groups (broad SMARTS) is 1. The summed E-state index contributed by atoms with van der Waals surface area (Å²) < 4.78 is 42.6. The van der Waals surface area contributed by atoms with Crippen molar-refractivity contribution in [1.82, 2.24) is 15.0 Å². The molecule has 2 heterocycles. The lowest BCUT2D eigenvalue weighted by Gasteiger charge is -2.13. The molecule has 168 valence electrons. The summed E-state index contributed by atoms with van der Waals surface area (Å²) in [6.45, 7) is 0. The van der Waals surface area contributed by atoms with Gasteiger partial charge < -0.3 is 31.0 Å². The molecule has 0 radical (unpaired) electrons. The van der Waals surface area contributed by atoms with Gasteiger partial charge in [-0.3, -0.25) is 4.98 Å².